The molecule has 0 amide bonds. The Morgan fingerprint density at radius 1 is 1.40 bits per heavy atom. The molecule has 5 heteroatoms. The maximum absolute atomic E-state index is 11.6. The Morgan fingerprint density at radius 3 is 2.73 bits per heavy atom. The van der Waals surface area contributed by atoms with E-state index in [2.05, 4.69) is 0 Å². The van der Waals surface area contributed by atoms with Crippen LogP contribution in [0.4, 0.5) is 0 Å². The van der Waals surface area contributed by atoms with Crippen LogP contribution in [0.2, 0.25) is 0 Å². The Balaban J connectivity index is 2.35. The molecule has 80 valence electrons. The highest BCUT2D eigenvalue weighted by Crippen LogP contribution is 2.33. The van der Waals surface area contributed by atoms with Crippen LogP contribution in [0, 0.1) is 17.2 Å². The number of hydrogen-bond acceptors (Lipinski definition) is 3. The van der Waals surface area contributed by atoms with Gasteiger partial charge in [-0.3, -0.25) is 4.79 Å². The lowest BCUT2D eigenvalue weighted by Gasteiger charge is -2.33. The predicted molar refractivity (Wildman–Crippen MR) is 57.2 cm³/mol. The second-order valence-electron chi connectivity index (χ2n) is 3.73. The average molecular weight is 225 g/mol. The molecule has 0 heterocycles. The zero-order valence-electron chi connectivity index (χ0n) is 7.92. The average Bonchev–Trinajstić information content (AvgIpc) is 2.23. The first-order valence-electron chi connectivity index (χ1n) is 4.67. The first-order chi connectivity index (χ1) is 7.11. The molecule has 0 radical (unpaired) electrons. The molecule has 1 saturated carbocycles. The Bertz CT molecular complexity index is 399. The molecule has 2 aliphatic carbocycles. The zero-order valence-corrected chi connectivity index (χ0v) is 8.74. The minimum Gasteiger partial charge on any atom is -0.306 e. The molecule has 4 atom stereocenters. The summed E-state index contributed by atoms with van der Waals surface area (Å²) >= 11 is -1.98. The normalized spacial score (nSPS) is 36.5. The highest BCUT2D eigenvalue weighted by molar-refractivity contribution is 7.80. The van der Waals surface area contributed by atoms with E-state index in [1.165, 1.54) is 0 Å². The predicted octanol–water partition coefficient (Wildman–Crippen LogP) is 0.928. The second-order valence-corrected chi connectivity index (χ2v) is 4.89. The molecular weight excluding hydrogens is 214 g/mol. The third-order valence-corrected chi connectivity index (χ3v) is 3.87. The third kappa shape index (κ3) is 1.72. The molecule has 4 unspecified atom stereocenters. The van der Waals surface area contributed by atoms with Crippen LogP contribution in [0.3, 0.4) is 0 Å². The first kappa shape index (κ1) is 10.4. The van der Waals surface area contributed by atoms with Crippen molar-refractivity contribution in [1.82, 2.24) is 0 Å². The van der Waals surface area contributed by atoms with Gasteiger partial charge in [-0.05, 0) is 0 Å². The molecule has 2 aliphatic rings. The molecule has 4 nitrogen and oxygen atoms in total. The van der Waals surface area contributed by atoms with Gasteiger partial charge in [0.2, 0.25) is 0 Å². The van der Waals surface area contributed by atoms with Crippen molar-refractivity contribution in [1.29, 1.82) is 5.41 Å². The Kier molecular flexibility index (Phi) is 2.67. The van der Waals surface area contributed by atoms with E-state index in [0.717, 1.165) is 0 Å². The van der Waals surface area contributed by atoms with Gasteiger partial charge in [-0.2, -0.15) is 0 Å². The van der Waals surface area contributed by atoms with Crippen LogP contribution >= 0.6 is 0 Å². The minimum atomic E-state index is -1.98. The number of hydrogen-bond donors (Lipinski definition) is 2. The van der Waals surface area contributed by atoms with Crippen LogP contribution in [0.1, 0.15) is 6.42 Å². The number of ketones is 1. The van der Waals surface area contributed by atoms with Gasteiger partial charge in [0.05, 0.1) is 11.0 Å². The van der Waals surface area contributed by atoms with Crippen molar-refractivity contribution < 1.29 is 13.6 Å². The van der Waals surface area contributed by atoms with E-state index in [9.17, 15) is 9.00 Å². The molecule has 15 heavy (non-hydrogen) atoms. The maximum atomic E-state index is 11.6. The van der Waals surface area contributed by atoms with Crippen molar-refractivity contribution in [3.8, 4) is 0 Å². The lowest BCUT2D eigenvalue weighted by atomic mass is 9.75. The quantitative estimate of drug-likeness (QED) is 0.651. The van der Waals surface area contributed by atoms with Crippen molar-refractivity contribution in [2.75, 3.05) is 0 Å². The molecule has 0 aromatic heterocycles. The number of Topliss-reactive ketones (excluding diaryl/α,β-unsaturated/α-hetero) is 1. The van der Waals surface area contributed by atoms with E-state index in [1.807, 2.05) is 0 Å². The van der Waals surface area contributed by atoms with Crippen molar-refractivity contribution in [2.24, 2.45) is 11.8 Å². The van der Waals surface area contributed by atoms with Crippen LogP contribution in [0.15, 0.2) is 24.3 Å². The molecule has 0 aromatic rings. The highest BCUT2D eigenvalue weighted by Gasteiger charge is 2.42. The summed E-state index contributed by atoms with van der Waals surface area (Å²) in [5.41, 5.74) is -0.0383. The number of nitrogens with one attached hydrogen (secondary N) is 1. The molecule has 0 aromatic carbocycles. The summed E-state index contributed by atoms with van der Waals surface area (Å²) < 4.78 is 20.2. The molecule has 2 N–H and O–H groups in total. The topological polar surface area (TPSA) is 78.2 Å². The van der Waals surface area contributed by atoms with Crippen molar-refractivity contribution >= 4 is 22.6 Å². The molecule has 0 bridgehead atoms. The number of carbonyl (C=O) groups excluding carboxylic acids is 1. The van der Waals surface area contributed by atoms with E-state index in [4.69, 9.17) is 9.96 Å². The summed E-state index contributed by atoms with van der Waals surface area (Å²) in [5.74, 6) is -0.873. The van der Waals surface area contributed by atoms with Gasteiger partial charge < -0.3 is 9.96 Å². The summed E-state index contributed by atoms with van der Waals surface area (Å²) in [5, 5.41) is 6.96. The van der Waals surface area contributed by atoms with Crippen molar-refractivity contribution in [3.63, 3.8) is 0 Å². The summed E-state index contributed by atoms with van der Waals surface area (Å²) in [6.45, 7) is 0. The van der Waals surface area contributed by atoms with Crippen LogP contribution in [0.25, 0.3) is 0 Å². The fraction of sp³-hybridized carbons (Fsp3) is 0.400. The Hall–Kier alpha value is -1.07. The number of allylic oxidation sites excluding steroid dienone is 4. The number of fused-ring (bicyclic) bond motifs is 1. The molecular formula is C10H11NO3S. The van der Waals surface area contributed by atoms with Crippen LogP contribution < -0.4 is 0 Å². The van der Waals surface area contributed by atoms with E-state index in [0.29, 0.717) is 0 Å². The highest BCUT2D eigenvalue weighted by atomic mass is 32.2. The lowest BCUT2D eigenvalue weighted by Crippen LogP contribution is -2.44. The fourth-order valence-electron chi connectivity index (χ4n) is 2.09. The van der Waals surface area contributed by atoms with Gasteiger partial charge in [-0.25, -0.2) is 4.21 Å². The van der Waals surface area contributed by atoms with Crippen molar-refractivity contribution in [2.45, 2.75) is 11.7 Å². The van der Waals surface area contributed by atoms with Gasteiger partial charge in [0.15, 0.2) is 16.9 Å². The molecule has 0 spiro atoms. The molecule has 2 rings (SSSR count). The maximum Gasteiger partial charge on any atom is 0.183 e. The fourth-order valence-corrected chi connectivity index (χ4v) is 2.92. The summed E-state index contributed by atoms with van der Waals surface area (Å²) in [6.07, 6.45) is 7.12. The summed E-state index contributed by atoms with van der Waals surface area (Å²) in [7, 11) is 0. The summed E-state index contributed by atoms with van der Waals surface area (Å²) in [6, 6.07) is 0. The van der Waals surface area contributed by atoms with E-state index in [1.54, 1.807) is 24.3 Å². The van der Waals surface area contributed by atoms with Gasteiger partial charge in [-0.15, -0.1) is 0 Å². The van der Waals surface area contributed by atoms with Gasteiger partial charge in [0.25, 0.3) is 0 Å². The molecule has 1 fully saturated rings. The van der Waals surface area contributed by atoms with Gasteiger partial charge >= 0.3 is 0 Å². The minimum absolute atomic E-state index is 0.0383. The lowest BCUT2D eigenvalue weighted by molar-refractivity contribution is -0.116. The second kappa shape index (κ2) is 3.83. The summed E-state index contributed by atoms with van der Waals surface area (Å²) in [4.78, 5) is 11.6. The molecule has 0 saturated heterocycles. The zero-order chi connectivity index (χ0) is 11.0. The number of rotatable bonds is 1. The van der Waals surface area contributed by atoms with Gasteiger partial charge in [0.1, 0.15) is 0 Å². The van der Waals surface area contributed by atoms with Crippen LogP contribution in [-0.2, 0) is 15.9 Å². The van der Waals surface area contributed by atoms with E-state index in [-0.39, 0.29) is 23.8 Å². The Labute approximate surface area is 89.9 Å². The van der Waals surface area contributed by atoms with E-state index >= 15 is 0 Å². The largest absolute Gasteiger partial charge is 0.306 e. The van der Waals surface area contributed by atoms with Gasteiger partial charge in [0, 0.05) is 18.3 Å². The van der Waals surface area contributed by atoms with Crippen LogP contribution in [0.5, 0.6) is 0 Å². The monoisotopic (exact) mass is 225 g/mol. The SMILES string of the molecule is N=C1CC(S(=O)O)C2C=CC=CC2C1=O. The number of carbonyl (C=O) groups is 1. The molecule has 0 aliphatic heterocycles. The standard InChI is InChI=1S/C10H11NO3S/c11-8-5-9(15(13)14)6-3-1-2-4-7(6)10(8)12/h1-4,6-7,9,11H,5H2,(H,13,14). The first-order valence-corrected chi connectivity index (χ1v) is 5.84. The smallest absolute Gasteiger partial charge is 0.183 e. The van der Waals surface area contributed by atoms with E-state index < -0.39 is 22.2 Å². The Morgan fingerprint density at radius 2 is 2.07 bits per heavy atom. The van der Waals surface area contributed by atoms with Gasteiger partial charge in [-0.1, -0.05) is 24.3 Å². The van der Waals surface area contributed by atoms with Crippen molar-refractivity contribution in [3.05, 3.63) is 24.3 Å². The van der Waals surface area contributed by atoms with Crippen LogP contribution in [-0.4, -0.2) is 25.5 Å². The third-order valence-electron chi connectivity index (χ3n) is 2.87.